The summed E-state index contributed by atoms with van der Waals surface area (Å²) >= 11 is 1.53. The summed E-state index contributed by atoms with van der Waals surface area (Å²) in [5.41, 5.74) is 2.34. The summed E-state index contributed by atoms with van der Waals surface area (Å²) in [5.74, 6) is 0.0411. The highest BCUT2D eigenvalue weighted by molar-refractivity contribution is 7.08. The molecule has 1 fully saturated rings. The van der Waals surface area contributed by atoms with E-state index in [0.717, 1.165) is 16.7 Å². The van der Waals surface area contributed by atoms with Crippen LogP contribution in [0.15, 0.2) is 41.1 Å². The lowest BCUT2D eigenvalue weighted by molar-refractivity contribution is -0.157. The zero-order valence-electron chi connectivity index (χ0n) is 15.0. The van der Waals surface area contributed by atoms with Gasteiger partial charge in [0.15, 0.2) is 6.10 Å². The van der Waals surface area contributed by atoms with Crippen molar-refractivity contribution in [2.45, 2.75) is 24.5 Å². The topological polar surface area (TPSA) is 49.9 Å². The first kappa shape index (κ1) is 17.2. The average molecular weight is 370 g/mol. The molecule has 0 radical (unpaired) electrons. The molecule has 2 aliphatic heterocycles. The molecule has 0 bridgehead atoms. The molecule has 136 valence electrons. The number of likely N-dealkylation sites (N-methyl/N-ethyl adjacent to an activating group) is 1. The lowest BCUT2D eigenvalue weighted by Crippen LogP contribution is -2.45. The number of nitrogens with zero attached hydrogens (tertiary/aromatic N) is 2. The number of likely N-dealkylation sites (tertiary alicyclic amines) is 1. The molecular weight excluding hydrogens is 348 g/mol. The Morgan fingerprint density at radius 1 is 1.19 bits per heavy atom. The lowest BCUT2D eigenvalue weighted by atomic mass is 9.83. The minimum Gasteiger partial charge on any atom is -0.352 e. The number of carbonyl (C=O) groups is 2. The number of hydrogen-bond donors (Lipinski definition) is 0. The second-order valence-electron chi connectivity index (χ2n) is 7.12. The second-order valence-corrected chi connectivity index (χ2v) is 7.90. The van der Waals surface area contributed by atoms with Gasteiger partial charge in [-0.05, 0) is 35.4 Å². The number of hydrogen-bond acceptors (Lipinski definition) is 4. The van der Waals surface area contributed by atoms with Gasteiger partial charge in [0.1, 0.15) is 0 Å². The highest BCUT2D eigenvalue weighted by Gasteiger charge is 2.49. The van der Waals surface area contributed by atoms with Gasteiger partial charge in [-0.2, -0.15) is 11.3 Å². The first-order valence-corrected chi connectivity index (χ1v) is 9.76. The van der Waals surface area contributed by atoms with Gasteiger partial charge in [-0.3, -0.25) is 9.59 Å². The van der Waals surface area contributed by atoms with Gasteiger partial charge in [0.2, 0.25) is 0 Å². The van der Waals surface area contributed by atoms with Crippen LogP contribution in [-0.4, -0.2) is 48.8 Å². The molecular formula is C20H22N2O3S. The van der Waals surface area contributed by atoms with Crippen molar-refractivity contribution in [3.8, 4) is 0 Å². The maximum absolute atomic E-state index is 12.6. The van der Waals surface area contributed by atoms with Crippen LogP contribution >= 0.6 is 11.3 Å². The molecule has 1 saturated heterocycles. The molecule has 4 rings (SSSR count). The predicted molar refractivity (Wildman–Crippen MR) is 100 cm³/mol. The average Bonchev–Trinajstić information content (AvgIpc) is 3.29. The highest BCUT2D eigenvalue weighted by atomic mass is 32.1. The van der Waals surface area contributed by atoms with Gasteiger partial charge in [-0.25, -0.2) is 0 Å². The molecule has 0 aliphatic carbocycles. The Morgan fingerprint density at radius 2 is 1.92 bits per heavy atom. The maximum atomic E-state index is 12.6. The third-order valence-corrected chi connectivity index (χ3v) is 6.05. The minimum atomic E-state index is -0.555. The van der Waals surface area contributed by atoms with Crippen LogP contribution in [0.5, 0.6) is 0 Å². The van der Waals surface area contributed by atoms with Crippen molar-refractivity contribution in [1.29, 1.82) is 0 Å². The summed E-state index contributed by atoms with van der Waals surface area (Å²) < 4.78 is 6.38. The number of benzene rings is 1. The fraction of sp³-hybridized carbons (Fsp3) is 0.400. The molecule has 0 N–H and O–H groups in total. The summed E-state index contributed by atoms with van der Waals surface area (Å²) in [4.78, 5) is 28.7. The van der Waals surface area contributed by atoms with E-state index in [0.29, 0.717) is 25.9 Å². The number of fused-ring (bicyclic) bond motifs is 2. The van der Waals surface area contributed by atoms with Crippen LogP contribution < -0.4 is 0 Å². The molecule has 2 amide bonds. The monoisotopic (exact) mass is 370 g/mol. The van der Waals surface area contributed by atoms with Gasteiger partial charge in [-0.1, -0.05) is 24.3 Å². The lowest BCUT2D eigenvalue weighted by Gasteiger charge is -2.39. The molecule has 1 spiro atoms. The van der Waals surface area contributed by atoms with Crippen LogP contribution in [0.2, 0.25) is 0 Å². The number of carbonyl (C=O) groups excluding carboxylic acids is 2. The van der Waals surface area contributed by atoms with Crippen LogP contribution in [0.4, 0.5) is 0 Å². The molecule has 2 aliphatic rings. The SMILES string of the molecule is CN(C)C(=O)C1OC2(CCN(C(=O)c3ccsc3)CC2)c2ccccc21. The molecule has 1 unspecified atom stereocenters. The van der Waals surface area contributed by atoms with Crippen molar-refractivity contribution in [2.75, 3.05) is 27.2 Å². The van der Waals surface area contributed by atoms with Gasteiger partial charge < -0.3 is 14.5 Å². The van der Waals surface area contributed by atoms with Crippen molar-refractivity contribution >= 4 is 23.2 Å². The summed E-state index contributed by atoms with van der Waals surface area (Å²) in [6, 6.07) is 9.86. The zero-order valence-corrected chi connectivity index (χ0v) is 15.8. The summed E-state index contributed by atoms with van der Waals surface area (Å²) in [7, 11) is 3.50. The molecule has 5 nitrogen and oxygen atoms in total. The fourth-order valence-corrected chi connectivity index (χ4v) is 4.57. The van der Waals surface area contributed by atoms with E-state index in [9.17, 15) is 9.59 Å². The molecule has 1 aromatic heterocycles. The Morgan fingerprint density at radius 3 is 2.58 bits per heavy atom. The van der Waals surface area contributed by atoms with E-state index in [1.165, 1.54) is 11.3 Å². The van der Waals surface area contributed by atoms with Gasteiger partial charge in [0.25, 0.3) is 11.8 Å². The molecule has 1 aromatic carbocycles. The predicted octanol–water partition coefficient (Wildman–Crippen LogP) is 3.04. The van der Waals surface area contributed by atoms with Gasteiger partial charge >= 0.3 is 0 Å². The molecule has 6 heteroatoms. The van der Waals surface area contributed by atoms with Crippen molar-refractivity contribution in [3.63, 3.8) is 0 Å². The normalized spacial score (nSPS) is 20.8. The van der Waals surface area contributed by atoms with E-state index in [1.807, 2.05) is 39.9 Å². The van der Waals surface area contributed by atoms with Crippen LogP contribution in [0.25, 0.3) is 0 Å². The zero-order chi connectivity index (χ0) is 18.3. The Hall–Kier alpha value is -2.18. The minimum absolute atomic E-state index is 0.0360. The van der Waals surface area contributed by atoms with E-state index in [2.05, 4.69) is 6.07 Å². The van der Waals surface area contributed by atoms with Gasteiger partial charge in [-0.15, -0.1) is 0 Å². The fourth-order valence-electron chi connectivity index (χ4n) is 3.94. The highest BCUT2D eigenvalue weighted by Crippen LogP contribution is 2.49. The Kier molecular flexibility index (Phi) is 4.32. The third-order valence-electron chi connectivity index (χ3n) is 5.37. The Labute approximate surface area is 157 Å². The second kappa shape index (κ2) is 6.52. The van der Waals surface area contributed by atoms with Gasteiger partial charge in [0.05, 0.1) is 11.2 Å². The van der Waals surface area contributed by atoms with E-state index < -0.39 is 11.7 Å². The summed E-state index contributed by atoms with van der Waals surface area (Å²) in [6.45, 7) is 1.26. The van der Waals surface area contributed by atoms with Crippen molar-refractivity contribution < 1.29 is 14.3 Å². The smallest absolute Gasteiger partial charge is 0.255 e. The summed E-state index contributed by atoms with van der Waals surface area (Å²) in [6.07, 6.45) is 0.856. The number of thiophene rings is 1. The number of rotatable bonds is 2. The van der Waals surface area contributed by atoms with Crippen LogP contribution in [0.1, 0.15) is 40.4 Å². The van der Waals surface area contributed by atoms with Gasteiger partial charge in [0, 0.05) is 32.6 Å². The van der Waals surface area contributed by atoms with Crippen molar-refractivity contribution in [2.24, 2.45) is 0 Å². The molecule has 0 saturated carbocycles. The van der Waals surface area contributed by atoms with E-state index in [1.54, 1.807) is 19.0 Å². The van der Waals surface area contributed by atoms with Crippen LogP contribution in [0.3, 0.4) is 0 Å². The Bertz CT molecular complexity index is 823. The number of piperidine rings is 1. The third kappa shape index (κ3) is 2.73. The molecule has 2 aromatic rings. The first-order chi connectivity index (χ1) is 12.5. The van der Waals surface area contributed by atoms with Crippen molar-refractivity contribution in [3.05, 3.63) is 57.8 Å². The van der Waals surface area contributed by atoms with Crippen LogP contribution in [-0.2, 0) is 15.1 Å². The molecule has 1 atom stereocenters. The van der Waals surface area contributed by atoms with E-state index in [-0.39, 0.29) is 11.8 Å². The van der Waals surface area contributed by atoms with E-state index in [4.69, 9.17) is 4.74 Å². The standard InChI is InChI=1S/C20H22N2O3S/c1-21(2)19(24)17-15-5-3-4-6-16(15)20(25-17)8-10-22(11-9-20)18(23)14-7-12-26-13-14/h3-7,12-13,17H,8-11H2,1-2H3. The maximum Gasteiger partial charge on any atom is 0.255 e. The molecule has 26 heavy (non-hydrogen) atoms. The number of amides is 2. The van der Waals surface area contributed by atoms with Crippen molar-refractivity contribution in [1.82, 2.24) is 9.80 Å². The van der Waals surface area contributed by atoms with Crippen LogP contribution in [0, 0.1) is 0 Å². The molecule has 3 heterocycles. The largest absolute Gasteiger partial charge is 0.352 e. The number of ether oxygens (including phenoxy) is 1. The van der Waals surface area contributed by atoms with E-state index >= 15 is 0 Å². The Balaban J connectivity index is 1.57. The summed E-state index contributed by atoms with van der Waals surface area (Å²) in [5, 5.41) is 3.81. The first-order valence-electron chi connectivity index (χ1n) is 8.82. The quantitative estimate of drug-likeness (QED) is 0.816.